The van der Waals surface area contributed by atoms with Gasteiger partial charge in [0.1, 0.15) is 5.75 Å². The van der Waals surface area contributed by atoms with E-state index in [0.717, 1.165) is 25.2 Å². The van der Waals surface area contributed by atoms with Crippen LogP contribution >= 0.6 is 0 Å². The number of alkyl halides is 3. The summed E-state index contributed by atoms with van der Waals surface area (Å²) in [5, 5.41) is 10.3. The van der Waals surface area contributed by atoms with Gasteiger partial charge in [-0.1, -0.05) is 12.1 Å². The first-order chi connectivity index (χ1) is 11.4. The molecular weight excluding hydrogens is 325 g/mol. The summed E-state index contributed by atoms with van der Waals surface area (Å²) >= 11 is 0. The Kier molecular flexibility index (Phi) is 5.29. The fraction of sp³-hybridized carbons (Fsp3) is 0.625. The van der Waals surface area contributed by atoms with Crippen LogP contribution in [0, 0.1) is 0 Å². The molecule has 8 heteroatoms. The van der Waals surface area contributed by atoms with Gasteiger partial charge in [-0.2, -0.15) is 0 Å². The van der Waals surface area contributed by atoms with Crippen molar-refractivity contribution in [3.8, 4) is 5.75 Å². The van der Waals surface area contributed by atoms with Crippen molar-refractivity contribution in [3.63, 3.8) is 0 Å². The van der Waals surface area contributed by atoms with Crippen molar-refractivity contribution in [2.24, 2.45) is 0 Å². The lowest BCUT2D eigenvalue weighted by Gasteiger charge is -2.33. The zero-order valence-electron chi connectivity index (χ0n) is 13.2. The summed E-state index contributed by atoms with van der Waals surface area (Å²) in [5.74, 6) is -0.223. The van der Waals surface area contributed by atoms with Gasteiger partial charge in [0.2, 0.25) is 0 Å². The minimum absolute atomic E-state index is 0.0849. The Labute approximate surface area is 138 Å². The smallest absolute Gasteiger partial charge is 0.406 e. The fourth-order valence-electron chi connectivity index (χ4n) is 3.30. The van der Waals surface area contributed by atoms with Crippen molar-refractivity contribution in [1.82, 2.24) is 9.80 Å². The first-order valence-electron chi connectivity index (χ1n) is 7.97. The van der Waals surface area contributed by atoms with Crippen LogP contribution in [0.1, 0.15) is 5.56 Å². The molecule has 2 aliphatic rings. The van der Waals surface area contributed by atoms with E-state index in [4.69, 9.17) is 4.74 Å². The Morgan fingerprint density at radius 3 is 2.42 bits per heavy atom. The second-order valence-corrected chi connectivity index (χ2v) is 6.17. The Balaban J connectivity index is 1.54. The van der Waals surface area contributed by atoms with Crippen LogP contribution in [0.2, 0.25) is 0 Å². The monoisotopic (exact) mass is 346 g/mol. The number of nitrogens with zero attached hydrogens (tertiary/aromatic N) is 2. The lowest BCUT2D eigenvalue weighted by atomic mass is 10.1. The predicted octanol–water partition coefficient (Wildman–Crippen LogP) is 1.46. The van der Waals surface area contributed by atoms with Gasteiger partial charge in [0, 0.05) is 38.8 Å². The number of morpholine rings is 1. The molecule has 1 aromatic rings. The molecule has 24 heavy (non-hydrogen) atoms. The van der Waals surface area contributed by atoms with E-state index in [9.17, 15) is 18.3 Å². The third-order valence-corrected chi connectivity index (χ3v) is 4.41. The molecule has 0 spiro atoms. The average molecular weight is 346 g/mol. The van der Waals surface area contributed by atoms with E-state index in [0.29, 0.717) is 26.3 Å². The molecule has 0 aliphatic carbocycles. The molecular formula is C16H21F3N2O3. The number of ether oxygens (including phenoxy) is 2. The summed E-state index contributed by atoms with van der Waals surface area (Å²) in [7, 11) is 0. The molecule has 2 aliphatic heterocycles. The molecule has 0 bridgehead atoms. The van der Waals surface area contributed by atoms with Crippen molar-refractivity contribution in [1.29, 1.82) is 0 Å². The summed E-state index contributed by atoms with van der Waals surface area (Å²) in [6.07, 6.45) is -5.10. The molecule has 1 N–H and O–H groups in total. The van der Waals surface area contributed by atoms with Gasteiger partial charge >= 0.3 is 6.36 Å². The van der Waals surface area contributed by atoms with Crippen LogP contribution in [0.25, 0.3) is 0 Å². The van der Waals surface area contributed by atoms with Gasteiger partial charge in [-0.25, -0.2) is 0 Å². The van der Waals surface area contributed by atoms with Gasteiger partial charge in [-0.3, -0.25) is 9.80 Å². The number of benzene rings is 1. The Morgan fingerprint density at radius 2 is 1.79 bits per heavy atom. The largest absolute Gasteiger partial charge is 0.573 e. The molecule has 2 heterocycles. The van der Waals surface area contributed by atoms with Crippen LogP contribution in [0.3, 0.4) is 0 Å². The van der Waals surface area contributed by atoms with Gasteiger partial charge in [-0.05, 0) is 17.7 Å². The highest BCUT2D eigenvalue weighted by Gasteiger charge is 2.36. The molecule has 0 aromatic heterocycles. The van der Waals surface area contributed by atoms with Crippen LogP contribution in [0.4, 0.5) is 13.2 Å². The fourth-order valence-corrected chi connectivity index (χ4v) is 3.30. The summed E-state index contributed by atoms with van der Waals surface area (Å²) in [5.41, 5.74) is 0.888. The first-order valence-corrected chi connectivity index (χ1v) is 7.97. The quantitative estimate of drug-likeness (QED) is 0.894. The maximum Gasteiger partial charge on any atom is 0.573 e. The number of β-amino-alcohol motifs (C(OH)–C–C–N with tert-alkyl or cyclic N) is 1. The molecule has 0 radical (unpaired) electrons. The normalized spacial score (nSPS) is 26.7. The summed E-state index contributed by atoms with van der Waals surface area (Å²) < 4.78 is 45.7. The molecule has 5 nitrogen and oxygen atoms in total. The zero-order valence-corrected chi connectivity index (χ0v) is 13.2. The molecule has 0 unspecified atom stereocenters. The lowest BCUT2D eigenvalue weighted by Crippen LogP contribution is -2.48. The minimum Gasteiger partial charge on any atom is -0.406 e. The lowest BCUT2D eigenvalue weighted by molar-refractivity contribution is -0.274. The molecule has 2 fully saturated rings. The topological polar surface area (TPSA) is 45.2 Å². The van der Waals surface area contributed by atoms with Crippen molar-refractivity contribution in [3.05, 3.63) is 29.8 Å². The highest BCUT2D eigenvalue weighted by Crippen LogP contribution is 2.24. The Hall–Kier alpha value is -1.35. The van der Waals surface area contributed by atoms with Crippen molar-refractivity contribution in [2.75, 3.05) is 39.4 Å². The van der Waals surface area contributed by atoms with Crippen LogP contribution in [-0.4, -0.2) is 72.8 Å². The van der Waals surface area contributed by atoms with Crippen LogP contribution in [0.5, 0.6) is 5.75 Å². The van der Waals surface area contributed by atoms with Gasteiger partial charge in [0.25, 0.3) is 0 Å². The van der Waals surface area contributed by atoms with E-state index in [1.165, 1.54) is 12.1 Å². The van der Waals surface area contributed by atoms with Crippen molar-refractivity contribution in [2.45, 2.75) is 25.1 Å². The van der Waals surface area contributed by atoms with Gasteiger partial charge in [0.05, 0.1) is 19.3 Å². The number of aliphatic hydroxyl groups excluding tert-OH is 1. The van der Waals surface area contributed by atoms with Crippen molar-refractivity contribution < 1.29 is 27.8 Å². The Bertz CT molecular complexity index is 532. The number of hydrogen-bond donors (Lipinski definition) is 1. The van der Waals surface area contributed by atoms with Gasteiger partial charge in [-0.15, -0.1) is 13.2 Å². The maximum atomic E-state index is 12.2. The van der Waals surface area contributed by atoms with E-state index in [-0.39, 0.29) is 11.8 Å². The highest BCUT2D eigenvalue weighted by atomic mass is 19.4. The van der Waals surface area contributed by atoms with E-state index in [1.807, 2.05) is 0 Å². The van der Waals surface area contributed by atoms with Crippen molar-refractivity contribution >= 4 is 0 Å². The van der Waals surface area contributed by atoms with E-state index >= 15 is 0 Å². The number of halogens is 3. The highest BCUT2D eigenvalue weighted by molar-refractivity contribution is 5.27. The number of rotatable bonds is 4. The molecule has 1 aromatic carbocycles. The zero-order chi connectivity index (χ0) is 17.2. The number of hydrogen-bond acceptors (Lipinski definition) is 5. The molecule has 0 amide bonds. The minimum atomic E-state index is -4.67. The molecule has 134 valence electrons. The molecule has 3 rings (SSSR count). The molecule has 2 saturated heterocycles. The number of aliphatic hydroxyl groups is 1. The van der Waals surface area contributed by atoms with Gasteiger partial charge < -0.3 is 14.6 Å². The summed E-state index contributed by atoms with van der Waals surface area (Å²) in [6, 6.07) is 5.95. The molecule has 2 atom stereocenters. The third kappa shape index (κ3) is 4.60. The SMILES string of the molecule is O[C@H]1CN(Cc2ccc(OC(F)(F)F)cc2)C[C@@H]1N1CCOCC1. The van der Waals surface area contributed by atoms with Crippen LogP contribution < -0.4 is 4.74 Å². The van der Waals surface area contributed by atoms with E-state index in [2.05, 4.69) is 14.5 Å². The van der Waals surface area contributed by atoms with Crippen LogP contribution in [-0.2, 0) is 11.3 Å². The van der Waals surface area contributed by atoms with Gasteiger partial charge in [0.15, 0.2) is 0 Å². The summed E-state index contributed by atoms with van der Waals surface area (Å²) in [6.45, 7) is 4.89. The molecule has 0 saturated carbocycles. The average Bonchev–Trinajstić information content (AvgIpc) is 2.89. The summed E-state index contributed by atoms with van der Waals surface area (Å²) in [4.78, 5) is 4.36. The number of likely N-dealkylation sites (tertiary alicyclic amines) is 1. The first kappa shape index (κ1) is 17.5. The second kappa shape index (κ2) is 7.26. The van der Waals surface area contributed by atoms with Crippen LogP contribution in [0.15, 0.2) is 24.3 Å². The van der Waals surface area contributed by atoms with E-state index in [1.54, 1.807) is 12.1 Å². The standard InChI is InChI=1S/C16H21F3N2O3/c17-16(18,19)24-13-3-1-12(2-4-13)9-20-10-14(15(22)11-20)21-5-7-23-8-6-21/h1-4,14-15,22H,5-11H2/t14-,15-/m0/s1. The van der Waals surface area contributed by atoms with E-state index < -0.39 is 12.5 Å². The third-order valence-electron chi connectivity index (χ3n) is 4.41. The Morgan fingerprint density at radius 1 is 1.12 bits per heavy atom. The maximum absolute atomic E-state index is 12.2. The second-order valence-electron chi connectivity index (χ2n) is 6.17. The predicted molar refractivity (Wildman–Crippen MR) is 80.6 cm³/mol.